The fraction of sp³-hybridized carbons (Fsp3) is 0.500. The van der Waals surface area contributed by atoms with Gasteiger partial charge in [-0.2, -0.15) is 0 Å². The van der Waals surface area contributed by atoms with Crippen LogP contribution in [-0.4, -0.2) is 11.8 Å². The van der Waals surface area contributed by atoms with Gasteiger partial charge in [0.05, 0.1) is 0 Å². The van der Waals surface area contributed by atoms with Crippen LogP contribution in [-0.2, 0) is 6.54 Å². The number of hydrogen-bond donors (Lipinski definition) is 1. The van der Waals surface area contributed by atoms with E-state index in [1.165, 1.54) is 10.5 Å². The Bertz CT molecular complexity index is 271. The first-order valence-corrected chi connectivity index (χ1v) is 6.16. The van der Waals surface area contributed by atoms with Crippen LogP contribution in [0.3, 0.4) is 0 Å². The molecule has 1 aromatic carbocycles. The molecule has 0 bridgehead atoms. The van der Waals surface area contributed by atoms with Crippen LogP contribution in [0.2, 0.25) is 0 Å². The highest BCUT2D eigenvalue weighted by molar-refractivity contribution is 7.99. The lowest BCUT2D eigenvalue weighted by molar-refractivity contribution is 0.585. The summed E-state index contributed by atoms with van der Waals surface area (Å²) in [7, 11) is 0. The number of benzene rings is 1. The van der Waals surface area contributed by atoms with E-state index in [1.54, 1.807) is 0 Å². The van der Waals surface area contributed by atoms with Gasteiger partial charge >= 0.3 is 0 Å². The number of rotatable bonds is 5. The second-order valence-corrected chi connectivity index (χ2v) is 4.88. The molecule has 0 spiro atoms. The van der Waals surface area contributed by atoms with Crippen LogP contribution in [0, 0.1) is 0 Å². The van der Waals surface area contributed by atoms with E-state index in [2.05, 4.69) is 50.4 Å². The predicted molar refractivity (Wildman–Crippen MR) is 64.8 cm³/mol. The number of hydrogen-bond acceptors (Lipinski definition) is 2. The van der Waals surface area contributed by atoms with Crippen molar-refractivity contribution in [2.45, 2.75) is 38.3 Å². The SMILES string of the molecule is CCSc1ccccc1CNC(C)C. The maximum Gasteiger partial charge on any atom is 0.0218 e. The molecule has 0 heterocycles. The van der Waals surface area contributed by atoms with Crippen molar-refractivity contribution in [1.82, 2.24) is 5.32 Å². The van der Waals surface area contributed by atoms with Crippen molar-refractivity contribution in [3.63, 3.8) is 0 Å². The largest absolute Gasteiger partial charge is 0.310 e. The Labute approximate surface area is 91.3 Å². The van der Waals surface area contributed by atoms with Crippen LogP contribution >= 0.6 is 11.8 Å². The quantitative estimate of drug-likeness (QED) is 0.747. The average molecular weight is 209 g/mol. The molecule has 0 saturated carbocycles. The summed E-state index contributed by atoms with van der Waals surface area (Å²) in [4.78, 5) is 1.41. The second kappa shape index (κ2) is 6.10. The van der Waals surface area contributed by atoms with Crippen molar-refractivity contribution in [3.05, 3.63) is 29.8 Å². The molecule has 2 heteroatoms. The zero-order valence-corrected chi connectivity index (χ0v) is 10.0. The minimum atomic E-state index is 0.551. The van der Waals surface area contributed by atoms with Crippen LogP contribution < -0.4 is 5.32 Å². The van der Waals surface area contributed by atoms with Gasteiger partial charge in [-0.15, -0.1) is 11.8 Å². The first kappa shape index (κ1) is 11.6. The van der Waals surface area contributed by atoms with Gasteiger partial charge in [-0.3, -0.25) is 0 Å². The third-order valence-electron chi connectivity index (χ3n) is 1.97. The summed E-state index contributed by atoms with van der Waals surface area (Å²) in [5, 5.41) is 3.45. The van der Waals surface area contributed by atoms with E-state index >= 15 is 0 Å². The molecule has 14 heavy (non-hydrogen) atoms. The second-order valence-electron chi connectivity index (χ2n) is 3.58. The molecule has 0 aromatic heterocycles. The van der Waals surface area contributed by atoms with Crippen LogP contribution in [0.5, 0.6) is 0 Å². The Hall–Kier alpha value is -0.470. The lowest BCUT2D eigenvalue weighted by Gasteiger charge is -2.11. The fourth-order valence-electron chi connectivity index (χ4n) is 1.26. The number of thioether (sulfide) groups is 1. The van der Waals surface area contributed by atoms with Crippen molar-refractivity contribution in [2.75, 3.05) is 5.75 Å². The predicted octanol–water partition coefficient (Wildman–Crippen LogP) is 3.30. The first-order valence-electron chi connectivity index (χ1n) is 5.18. The first-order chi connectivity index (χ1) is 6.74. The summed E-state index contributed by atoms with van der Waals surface area (Å²) in [5.41, 5.74) is 1.41. The van der Waals surface area contributed by atoms with E-state index in [-0.39, 0.29) is 0 Å². The molecule has 0 aliphatic heterocycles. The minimum Gasteiger partial charge on any atom is -0.310 e. The maximum atomic E-state index is 3.45. The smallest absolute Gasteiger partial charge is 0.0218 e. The monoisotopic (exact) mass is 209 g/mol. The Kier molecular flexibility index (Phi) is 5.05. The highest BCUT2D eigenvalue weighted by Crippen LogP contribution is 2.21. The van der Waals surface area contributed by atoms with Gasteiger partial charge in [-0.25, -0.2) is 0 Å². The summed E-state index contributed by atoms with van der Waals surface area (Å²) >= 11 is 1.91. The molecule has 0 fully saturated rings. The average Bonchev–Trinajstić information content (AvgIpc) is 2.17. The highest BCUT2D eigenvalue weighted by Gasteiger charge is 2.01. The zero-order valence-electron chi connectivity index (χ0n) is 9.21. The molecule has 0 radical (unpaired) electrons. The van der Waals surface area contributed by atoms with E-state index in [0.717, 1.165) is 12.3 Å². The van der Waals surface area contributed by atoms with Crippen molar-refractivity contribution in [1.29, 1.82) is 0 Å². The lowest BCUT2D eigenvalue weighted by Crippen LogP contribution is -2.22. The molecule has 0 atom stereocenters. The third-order valence-corrected chi connectivity index (χ3v) is 2.97. The molecule has 0 aliphatic rings. The Morgan fingerprint density at radius 1 is 1.29 bits per heavy atom. The van der Waals surface area contributed by atoms with E-state index < -0.39 is 0 Å². The molecule has 0 amide bonds. The van der Waals surface area contributed by atoms with Gasteiger partial charge in [0.15, 0.2) is 0 Å². The van der Waals surface area contributed by atoms with Crippen LogP contribution in [0.25, 0.3) is 0 Å². The molecule has 78 valence electrons. The molecule has 1 N–H and O–H groups in total. The lowest BCUT2D eigenvalue weighted by atomic mass is 10.2. The van der Waals surface area contributed by atoms with Gasteiger partial charge < -0.3 is 5.32 Å². The summed E-state index contributed by atoms with van der Waals surface area (Å²) in [6.45, 7) is 7.52. The van der Waals surface area contributed by atoms with Crippen LogP contribution in [0.1, 0.15) is 26.3 Å². The van der Waals surface area contributed by atoms with Gasteiger partial charge in [0.2, 0.25) is 0 Å². The van der Waals surface area contributed by atoms with Crippen molar-refractivity contribution >= 4 is 11.8 Å². The third kappa shape index (κ3) is 3.72. The minimum absolute atomic E-state index is 0.551. The Balaban J connectivity index is 2.64. The van der Waals surface area contributed by atoms with Crippen LogP contribution in [0.4, 0.5) is 0 Å². The Morgan fingerprint density at radius 3 is 2.64 bits per heavy atom. The standard InChI is InChI=1S/C12H19NS/c1-4-14-12-8-6-5-7-11(12)9-13-10(2)3/h5-8,10,13H,4,9H2,1-3H3. The maximum absolute atomic E-state index is 3.45. The van der Waals surface area contributed by atoms with Gasteiger partial charge in [-0.1, -0.05) is 39.0 Å². The van der Waals surface area contributed by atoms with Crippen LogP contribution in [0.15, 0.2) is 29.2 Å². The van der Waals surface area contributed by atoms with Crippen molar-refractivity contribution < 1.29 is 0 Å². The van der Waals surface area contributed by atoms with Crippen molar-refractivity contribution in [2.24, 2.45) is 0 Å². The molecule has 0 saturated heterocycles. The topological polar surface area (TPSA) is 12.0 Å². The van der Waals surface area contributed by atoms with E-state index in [0.29, 0.717) is 6.04 Å². The van der Waals surface area contributed by atoms with E-state index in [4.69, 9.17) is 0 Å². The summed E-state index contributed by atoms with van der Waals surface area (Å²) in [6.07, 6.45) is 0. The normalized spacial score (nSPS) is 10.9. The van der Waals surface area contributed by atoms with Gasteiger partial charge in [0, 0.05) is 17.5 Å². The molecular formula is C12H19NS. The molecule has 1 rings (SSSR count). The van der Waals surface area contributed by atoms with Crippen molar-refractivity contribution in [3.8, 4) is 0 Å². The molecule has 1 nitrogen and oxygen atoms in total. The van der Waals surface area contributed by atoms with Gasteiger partial charge in [0.1, 0.15) is 0 Å². The fourth-order valence-corrected chi connectivity index (χ4v) is 2.07. The molecule has 1 aromatic rings. The van der Waals surface area contributed by atoms with Gasteiger partial charge in [0.25, 0.3) is 0 Å². The van der Waals surface area contributed by atoms with E-state index in [9.17, 15) is 0 Å². The summed E-state index contributed by atoms with van der Waals surface area (Å²) in [6, 6.07) is 9.17. The summed E-state index contributed by atoms with van der Waals surface area (Å²) in [5.74, 6) is 1.14. The zero-order chi connectivity index (χ0) is 10.4. The molecule has 0 unspecified atom stereocenters. The Morgan fingerprint density at radius 2 is 2.00 bits per heavy atom. The van der Waals surface area contributed by atoms with E-state index in [1.807, 2.05) is 11.8 Å². The molecular weight excluding hydrogens is 190 g/mol. The summed E-state index contributed by atoms with van der Waals surface area (Å²) < 4.78 is 0. The highest BCUT2D eigenvalue weighted by atomic mass is 32.2. The van der Waals surface area contributed by atoms with Gasteiger partial charge in [-0.05, 0) is 17.4 Å². The number of nitrogens with one attached hydrogen (secondary N) is 1. The molecule has 0 aliphatic carbocycles.